The van der Waals surface area contributed by atoms with Gasteiger partial charge in [-0.05, 0) is 32.3 Å². The molecule has 24 heavy (non-hydrogen) atoms. The van der Waals surface area contributed by atoms with Gasteiger partial charge >= 0.3 is 11.9 Å². The molecule has 1 aliphatic heterocycles. The second-order valence-corrected chi connectivity index (χ2v) is 5.59. The highest BCUT2D eigenvalue weighted by atomic mass is 16.5. The summed E-state index contributed by atoms with van der Waals surface area (Å²) in [6, 6.07) is 1.30. The van der Waals surface area contributed by atoms with Crippen molar-refractivity contribution in [3.63, 3.8) is 0 Å². The van der Waals surface area contributed by atoms with Gasteiger partial charge in [0.15, 0.2) is 0 Å². The molecule has 0 bridgehead atoms. The van der Waals surface area contributed by atoms with Crippen molar-refractivity contribution in [2.24, 2.45) is 7.05 Å². The van der Waals surface area contributed by atoms with E-state index in [4.69, 9.17) is 0 Å². The van der Waals surface area contributed by atoms with Crippen LogP contribution in [0.4, 0.5) is 5.69 Å². The normalized spacial score (nSPS) is 14.2. The fraction of sp³-hybridized carbons (Fsp3) is 0.500. The average molecular weight is 335 g/mol. The highest BCUT2D eigenvalue weighted by Gasteiger charge is 2.22. The lowest BCUT2D eigenvalue weighted by atomic mass is 10.1. The molecule has 1 aromatic heterocycles. The molecule has 0 unspecified atom stereocenters. The number of esters is 1. The van der Waals surface area contributed by atoms with E-state index in [-0.39, 0.29) is 23.8 Å². The lowest BCUT2D eigenvalue weighted by Crippen LogP contribution is -2.37. The molecule has 0 aliphatic carbocycles. The number of amides is 2. The minimum atomic E-state index is -1.08. The number of hydrogen-bond donors (Lipinski definition) is 1. The quantitative estimate of drug-likeness (QED) is 0.641. The fourth-order valence-corrected chi connectivity index (χ4v) is 2.57. The molecule has 2 heterocycles. The van der Waals surface area contributed by atoms with E-state index in [9.17, 15) is 19.2 Å². The van der Waals surface area contributed by atoms with E-state index >= 15 is 0 Å². The highest BCUT2D eigenvalue weighted by molar-refractivity contribution is 6.37. The minimum absolute atomic E-state index is 0.0533. The summed E-state index contributed by atoms with van der Waals surface area (Å²) in [6.07, 6.45) is 4.42. The zero-order valence-electron chi connectivity index (χ0n) is 13.8. The lowest BCUT2D eigenvalue weighted by Gasteiger charge is -2.27. The van der Waals surface area contributed by atoms with Gasteiger partial charge in [0.05, 0.1) is 12.2 Å². The molecule has 8 heteroatoms. The van der Waals surface area contributed by atoms with E-state index < -0.39 is 17.4 Å². The number of likely N-dealkylation sites (tertiary alicyclic amines) is 1. The van der Waals surface area contributed by atoms with Crippen LogP contribution in [-0.2, 0) is 21.4 Å². The maximum atomic E-state index is 12.5. The first-order valence-electron chi connectivity index (χ1n) is 7.92. The molecule has 0 saturated carbocycles. The van der Waals surface area contributed by atoms with E-state index in [1.54, 1.807) is 11.8 Å². The van der Waals surface area contributed by atoms with E-state index in [1.807, 2.05) is 0 Å². The maximum absolute atomic E-state index is 12.5. The van der Waals surface area contributed by atoms with Crippen molar-refractivity contribution in [3.8, 4) is 0 Å². The summed E-state index contributed by atoms with van der Waals surface area (Å²) in [4.78, 5) is 49.5. The molecule has 1 N–H and O–H groups in total. The van der Waals surface area contributed by atoms with Crippen molar-refractivity contribution < 1.29 is 19.1 Å². The monoisotopic (exact) mass is 335 g/mol. The van der Waals surface area contributed by atoms with Gasteiger partial charge < -0.3 is 19.5 Å². The van der Waals surface area contributed by atoms with Crippen LogP contribution in [0.3, 0.4) is 0 Å². The topological polar surface area (TPSA) is 97.7 Å². The molecule has 0 atom stereocenters. The van der Waals surface area contributed by atoms with Crippen molar-refractivity contribution >= 4 is 23.5 Å². The Hall–Kier alpha value is -2.64. The number of piperidine rings is 1. The third kappa shape index (κ3) is 4.01. The Bertz CT molecular complexity index is 704. The fourth-order valence-electron chi connectivity index (χ4n) is 2.57. The molecule has 1 aliphatic rings. The SMILES string of the molecule is CCOC(=O)C(=O)Nc1cc(C(=O)N2CCCCC2)cn(C)c1=O. The molecule has 0 spiro atoms. The molecule has 130 valence electrons. The van der Waals surface area contributed by atoms with Crippen LogP contribution in [0.1, 0.15) is 36.5 Å². The van der Waals surface area contributed by atoms with Crippen LogP contribution in [0.15, 0.2) is 17.1 Å². The molecule has 2 rings (SSSR count). The number of pyridine rings is 1. The van der Waals surface area contributed by atoms with Crippen LogP contribution in [0.2, 0.25) is 0 Å². The lowest BCUT2D eigenvalue weighted by molar-refractivity contribution is -0.152. The molecular weight excluding hydrogens is 314 g/mol. The molecule has 1 saturated heterocycles. The number of aromatic nitrogens is 1. The van der Waals surface area contributed by atoms with Gasteiger partial charge in [0.1, 0.15) is 5.69 Å². The van der Waals surface area contributed by atoms with Crippen molar-refractivity contribution in [2.45, 2.75) is 26.2 Å². The predicted octanol–water partition coefficient (Wildman–Crippen LogP) is 0.513. The zero-order valence-corrected chi connectivity index (χ0v) is 13.8. The van der Waals surface area contributed by atoms with Crippen molar-refractivity contribution in [1.82, 2.24) is 9.47 Å². The van der Waals surface area contributed by atoms with Gasteiger partial charge in [-0.2, -0.15) is 0 Å². The Morgan fingerprint density at radius 2 is 1.88 bits per heavy atom. The third-order valence-corrected chi connectivity index (χ3v) is 3.78. The van der Waals surface area contributed by atoms with Crippen molar-refractivity contribution in [2.75, 3.05) is 25.0 Å². The van der Waals surface area contributed by atoms with Crippen LogP contribution < -0.4 is 10.9 Å². The number of hydrogen-bond acceptors (Lipinski definition) is 5. The third-order valence-electron chi connectivity index (χ3n) is 3.78. The summed E-state index contributed by atoms with van der Waals surface area (Å²) in [6.45, 7) is 2.97. The van der Waals surface area contributed by atoms with Crippen molar-refractivity contribution in [3.05, 3.63) is 28.2 Å². The van der Waals surface area contributed by atoms with Crippen LogP contribution in [0, 0.1) is 0 Å². The Labute approximate surface area is 139 Å². The Kier molecular flexibility index (Phi) is 5.73. The largest absolute Gasteiger partial charge is 0.459 e. The summed E-state index contributed by atoms with van der Waals surface area (Å²) in [5.41, 5.74) is -0.348. The number of nitrogens with one attached hydrogen (secondary N) is 1. The number of ether oxygens (including phenoxy) is 1. The molecule has 1 aromatic rings. The zero-order chi connectivity index (χ0) is 17.7. The van der Waals surface area contributed by atoms with Gasteiger partial charge in [-0.25, -0.2) is 4.79 Å². The highest BCUT2D eigenvalue weighted by Crippen LogP contribution is 2.14. The Balaban J connectivity index is 2.24. The van der Waals surface area contributed by atoms with E-state index in [0.29, 0.717) is 13.1 Å². The minimum Gasteiger partial charge on any atom is -0.459 e. The van der Waals surface area contributed by atoms with Crippen LogP contribution in [-0.4, -0.2) is 46.9 Å². The van der Waals surface area contributed by atoms with Gasteiger partial charge in [0, 0.05) is 26.3 Å². The van der Waals surface area contributed by atoms with Crippen LogP contribution in [0.5, 0.6) is 0 Å². The molecular formula is C16H21N3O5. The standard InChI is InChI=1S/C16H21N3O5/c1-3-24-16(23)13(20)17-12-9-11(10-18(2)15(12)22)14(21)19-7-5-4-6-8-19/h9-10H,3-8H2,1-2H3,(H,17,20). The first-order valence-corrected chi connectivity index (χ1v) is 7.92. The number of carbonyl (C=O) groups excluding carboxylic acids is 3. The first kappa shape index (κ1) is 17.7. The predicted molar refractivity (Wildman–Crippen MR) is 86.7 cm³/mol. The molecule has 2 amide bonds. The summed E-state index contributed by atoms with van der Waals surface area (Å²) >= 11 is 0. The molecule has 0 aromatic carbocycles. The van der Waals surface area contributed by atoms with E-state index in [0.717, 1.165) is 19.3 Å². The Morgan fingerprint density at radius 3 is 2.50 bits per heavy atom. The Morgan fingerprint density at radius 1 is 1.21 bits per heavy atom. The number of anilines is 1. The summed E-state index contributed by atoms with van der Waals surface area (Å²) < 4.78 is 5.79. The van der Waals surface area contributed by atoms with E-state index in [1.165, 1.54) is 23.9 Å². The maximum Gasteiger partial charge on any atom is 0.397 e. The smallest absolute Gasteiger partial charge is 0.397 e. The molecule has 0 radical (unpaired) electrons. The van der Waals surface area contributed by atoms with Gasteiger partial charge in [0.2, 0.25) is 0 Å². The van der Waals surface area contributed by atoms with Gasteiger partial charge in [-0.1, -0.05) is 0 Å². The van der Waals surface area contributed by atoms with E-state index in [2.05, 4.69) is 10.1 Å². The number of carbonyl (C=O) groups is 3. The van der Waals surface area contributed by atoms with Gasteiger partial charge in [0.25, 0.3) is 11.5 Å². The first-order chi connectivity index (χ1) is 11.4. The average Bonchev–Trinajstić information content (AvgIpc) is 2.59. The summed E-state index contributed by atoms with van der Waals surface area (Å²) in [5.74, 6) is -2.32. The number of nitrogens with zero attached hydrogens (tertiary/aromatic N) is 2. The van der Waals surface area contributed by atoms with Crippen LogP contribution >= 0.6 is 0 Å². The molecule has 1 fully saturated rings. The molecule has 8 nitrogen and oxygen atoms in total. The number of rotatable bonds is 3. The summed E-state index contributed by atoms with van der Waals surface area (Å²) in [7, 11) is 1.48. The van der Waals surface area contributed by atoms with Crippen LogP contribution in [0.25, 0.3) is 0 Å². The number of aryl methyl sites for hydroxylation is 1. The summed E-state index contributed by atoms with van der Waals surface area (Å²) in [5, 5.41) is 2.22. The van der Waals surface area contributed by atoms with Gasteiger partial charge in [-0.3, -0.25) is 14.4 Å². The second-order valence-electron chi connectivity index (χ2n) is 5.59. The van der Waals surface area contributed by atoms with Gasteiger partial charge in [-0.15, -0.1) is 0 Å². The second kappa shape index (κ2) is 7.76. The van der Waals surface area contributed by atoms with Crippen molar-refractivity contribution in [1.29, 1.82) is 0 Å².